The fourth-order valence-electron chi connectivity index (χ4n) is 5.08. The number of nitrogens with one attached hydrogen (secondary N) is 1. The van der Waals surface area contributed by atoms with E-state index in [1.807, 2.05) is 6.07 Å². The average Bonchev–Trinajstić information content (AvgIpc) is 3.25. The van der Waals surface area contributed by atoms with Gasteiger partial charge >= 0.3 is 6.18 Å². The highest BCUT2D eigenvalue weighted by molar-refractivity contribution is 7.80. The van der Waals surface area contributed by atoms with Gasteiger partial charge in [0, 0.05) is 28.2 Å². The number of benzene rings is 1. The molecule has 0 radical (unpaired) electrons. The number of hydrogen-bond acceptors (Lipinski definition) is 10. The summed E-state index contributed by atoms with van der Waals surface area (Å²) in [6, 6.07) is 5.19. The summed E-state index contributed by atoms with van der Waals surface area (Å²) >= 11 is 8.38. The maximum atomic E-state index is 15.4. The number of amidine groups is 1. The molecule has 1 fully saturated rings. The molecule has 39 heavy (non-hydrogen) atoms. The second-order valence-corrected chi connectivity index (χ2v) is 9.71. The topological polar surface area (TPSA) is 136 Å². The maximum absolute atomic E-state index is 15.4. The largest absolute Gasteiger partial charge is 0.445 e. The number of hydrogen-bond donors (Lipinski definition) is 4. The summed E-state index contributed by atoms with van der Waals surface area (Å²) in [6.07, 6.45) is -5.85. The zero-order chi connectivity index (χ0) is 28.6. The molecular formula is C23H21F5N6O3S2. The predicted octanol–water partition coefficient (Wildman–Crippen LogP) is 3.45. The first-order valence-electron chi connectivity index (χ1n) is 11.2. The molecule has 2 aliphatic heterocycles. The van der Waals surface area contributed by atoms with Crippen LogP contribution in [0, 0.1) is 28.0 Å². The van der Waals surface area contributed by atoms with Crippen LogP contribution in [0.5, 0.6) is 5.88 Å². The number of fused-ring (bicyclic) bond motifs is 1. The molecule has 0 spiro atoms. The monoisotopic (exact) mass is 588 g/mol. The zero-order valence-corrected chi connectivity index (χ0v) is 21.7. The fourth-order valence-corrected chi connectivity index (χ4v) is 5.96. The number of halogens is 5. The van der Waals surface area contributed by atoms with Crippen LogP contribution in [-0.4, -0.2) is 59.0 Å². The molecule has 1 amide bonds. The number of thiol groups is 2. The Balaban J connectivity index is 1.82. The number of carbonyl (C=O) groups excluding carboxylic acids is 1. The average molecular weight is 589 g/mol. The van der Waals surface area contributed by atoms with Gasteiger partial charge in [-0.25, -0.2) is 18.7 Å². The molecule has 1 aromatic heterocycles. The first-order valence-corrected chi connectivity index (χ1v) is 12.5. The number of ether oxygens (including phenoxy) is 2. The number of nitrogens with zero attached hydrogens (tertiary/aromatic N) is 4. The third kappa shape index (κ3) is 4.66. The minimum atomic E-state index is -4.91. The van der Waals surface area contributed by atoms with Gasteiger partial charge in [-0.3, -0.25) is 9.79 Å². The zero-order valence-electron chi connectivity index (χ0n) is 19.9. The van der Waals surface area contributed by atoms with Crippen LogP contribution in [0.2, 0.25) is 0 Å². The molecule has 0 bridgehead atoms. The number of amides is 1. The normalized spacial score (nSPS) is 28.3. The molecule has 208 valence electrons. The van der Waals surface area contributed by atoms with Gasteiger partial charge in [0.1, 0.15) is 28.3 Å². The van der Waals surface area contributed by atoms with Crippen LogP contribution >= 0.6 is 25.3 Å². The van der Waals surface area contributed by atoms with Crippen LogP contribution < -0.4 is 15.8 Å². The Kier molecular flexibility index (Phi) is 7.71. The minimum absolute atomic E-state index is 0.0136. The lowest BCUT2D eigenvalue weighted by Crippen LogP contribution is -2.61. The summed E-state index contributed by atoms with van der Waals surface area (Å²) < 4.78 is 80.4. The van der Waals surface area contributed by atoms with E-state index in [2.05, 4.69) is 50.3 Å². The van der Waals surface area contributed by atoms with Crippen LogP contribution in [-0.2, 0) is 10.3 Å². The number of aliphatic imine (C=N–C) groups is 1. The Hall–Kier alpha value is -3.16. The molecular weight excluding hydrogens is 567 g/mol. The van der Waals surface area contributed by atoms with Crippen molar-refractivity contribution in [3.05, 3.63) is 47.7 Å². The van der Waals surface area contributed by atoms with Crippen molar-refractivity contribution >= 4 is 42.7 Å². The number of aromatic nitrogens is 2. The third-order valence-electron chi connectivity index (χ3n) is 7.00. The highest BCUT2D eigenvalue weighted by Gasteiger charge is 2.73. The van der Waals surface area contributed by atoms with Crippen molar-refractivity contribution < 1.29 is 36.2 Å². The molecule has 3 heterocycles. The second-order valence-electron chi connectivity index (χ2n) is 9.08. The molecule has 16 heteroatoms. The third-order valence-corrected chi connectivity index (χ3v) is 8.10. The summed E-state index contributed by atoms with van der Waals surface area (Å²) in [4.78, 5) is 24.6. The van der Waals surface area contributed by atoms with E-state index in [0.29, 0.717) is 0 Å². The Bertz CT molecular complexity index is 1340. The quantitative estimate of drug-likeness (QED) is 0.288. The van der Waals surface area contributed by atoms with Gasteiger partial charge in [-0.1, -0.05) is 0 Å². The smallest absolute Gasteiger partial charge is 0.415 e. The van der Waals surface area contributed by atoms with Crippen molar-refractivity contribution in [3.8, 4) is 11.9 Å². The molecule has 1 aromatic carbocycles. The summed E-state index contributed by atoms with van der Waals surface area (Å²) in [5.74, 6) is -2.96. The van der Waals surface area contributed by atoms with Crippen molar-refractivity contribution in [2.24, 2.45) is 21.6 Å². The van der Waals surface area contributed by atoms with Crippen LogP contribution in [0.3, 0.4) is 0 Å². The van der Waals surface area contributed by atoms with E-state index < -0.39 is 66.0 Å². The van der Waals surface area contributed by atoms with E-state index in [9.17, 15) is 27.6 Å². The molecule has 0 unspecified atom stereocenters. The SMILES string of the molecule is N#C[C@]1(CS)C[C@]2(CS)[C@@H](C(F)(F)F)OC[C@]2(c2cc(NC(=O)c3cnc(OCF)cn3)ccc2F)N=C1N. The number of rotatable bonds is 7. The first kappa shape index (κ1) is 28.8. The van der Waals surface area contributed by atoms with Gasteiger partial charge in [-0.05, 0) is 24.6 Å². The van der Waals surface area contributed by atoms with Crippen molar-refractivity contribution in [2.75, 3.05) is 30.3 Å². The molecule has 3 N–H and O–H groups in total. The highest BCUT2D eigenvalue weighted by atomic mass is 32.1. The van der Waals surface area contributed by atoms with E-state index in [-0.39, 0.29) is 34.4 Å². The Labute approximate surface area is 229 Å². The van der Waals surface area contributed by atoms with Gasteiger partial charge in [0.2, 0.25) is 12.7 Å². The van der Waals surface area contributed by atoms with Crippen molar-refractivity contribution in [3.63, 3.8) is 0 Å². The summed E-state index contributed by atoms with van der Waals surface area (Å²) in [5, 5.41) is 12.3. The van der Waals surface area contributed by atoms with Gasteiger partial charge in [0.15, 0.2) is 6.10 Å². The van der Waals surface area contributed by atoms with Crippen LogP contribution in [0.4, 0.5) is 27.6 Å². The van der Waals surface area contributed by atoms with Crippen LogP contribution in [0.25, 0.3) is 0 Å². The Morgan fingerprint density at radius 1 is 1.28 bits per heavy atom. The lowest BCUT2D eigenvalue weighted by Gasteiger charge is -2.51. The lowest BCUT2D eigenvalue weighted by molar-refractivity contribution is -0.232. The second kappa shape index (κ2) is 10.4. The van der Waals surface area contributed by atoms with E-state index >= 15 is 4.39 Å². The van der Waals surface area contributed by atoms with Crippen molar-refractivity contribution in [2.45, 2.75) is 24.2 Å². The molecule has 0 aliphatic carbocycles. The number of anilines is 1. The molecule has 1 saturated heterocycles. The molecule has 9 nitrogen and oxygen atoms in total. The van der Waals surface area contributed by atoms with Gasteiger partial charge in [0.05, 0.1) is 25.1 Å². The van der Waals surface area contributed by atoms with Crippen LogP contribution in [0.15, 0.2) is 35.6 Å². The van der Waals surface area contributed by atoms with Gasteiger partial charge in [0.25, 0.3) is 5.91 Å². The summed E-state index contributed by atoms with van der Waals surface area (Å²) in [5.41, 5.74) is -0.214. The molecule has 4 atom stereocenters. The summed E-state index contributed by atoms with van der Waals surface area (Å²) in [7, 11) is 0. The highest BCUT2D eigenvalue weighted by Crippen LogP contribution is 2.63. The van der Waals surface area contributed by atoms with Crippen LogP contribution in [0.1, 0.15) is 22.5 Å². The number of nitrogens with two attached hydrogens (primary N) is 1. The van der Waals surface area contributed by atoms with Gasteiger partial charge in [-0.2, -0.15) is 43.7 Å². The first-order chi connectivity index (χ1) is 18.4. The van der Waals surface area contributed by atoms with Gasteiger partial charge in [-0.15, -0.1) is 0 Å². The standard InChI is InChI=1S/C23H21F5N6O3S2/c24-11-37-16-5-31-15(4-32-16)17(35)33-12-1-2-14(25)13(3-12)22-8-36-18(23(26,27)28)21(22,10-39)6-20(7-29,9-38)19(30)34-22/h1-5,18,38-39H,6,8-11H2,(H2,30,34)(H,33,35)/t18-,20-,21-,22+/m0/s1. The van der Waals surface area contributed by atoms with Crippen molar-refractivity contribution in [1.82, 2.24) is 9.97 Å². The van der Waals surface area contributed by atoms with E-state index in [1.165, 1.54) is 6.07 Å². The Morgan fingerprint density at radius 3 is 2.59 bits per heavy atom. The summed E-state index contributed by atoms with van der Waals surface area (Å²) in [6.45, 7) is -1.87. The Morgan fingerprint density at radius 2 is 2.03 bits per heavy atom. The van der Waals surface area contributed by atoms with Crippen molar-refractivity contribution in [1.29, 1.82) is 5.26 Å². The molecule has 2 aromatic rings. The maximum Gasteiger partial charge on any atom is 0.415 e. The number of carbonyl (C=O) groups is 1. The minimum Gasteiger partial charge on any atom is -0.445 e. The fraction of sp³-hybridized carbons (Fsp3) is 0.435. The van der Waals surface area contributed by atoms with E-state index in [4.69, 9.17) is 10.5 Å². The van der Waals surface area contributed by atoms with E-state index in [1.54, 1.807) is 0 Å². The number of alkyl halides is 4. The number of nitriles is 1. The van der Waals surface area contributed by atoms with E-state index in [0.717, 1.165) is 24.5 Å². The molecule has 2 aliphatic rings. The molecule has 4 rings (SSSR count). The predicted molar refractivity (Wildman–Crippen MR) is 135 cm³/mol. The molecule has 0 saturated carbocycles. The van der Waals surface area contributed by atoms with Gasteiger partial charge < -0.3 is 20.5 Å². The lowest BCUT2D eigenvalue weighted by atomic mass is 9.57.